The van der Waals surface area contributed by atoms with E-state index in [0.717, 1.165) is 24.0 Å². The van der Waals surface area contributed by atoms with E-state index in [1.54, 1.807) is 18.5 Å². The highest BCUT2D eigenvalue weighted by Crippen LogP contribution is 2.14. The number of nitrogens with zero attached hydrogens (tertiary/aromatic N) is 1. The van der Waals surface area contributed by atoms with Crippen LogP contribution in [0.5, 0.6) is 0 Å². The Balaban J connectivity index is 1.57. The molecule has 1 aromatic carbocycles. The summed E-state index contributed by atoms with van der Waals surface area (Å²) in [6.45, 7) is 1.25. The molecule has 1 amide bonds. The van der Waals surface area contributed by atoms with E-state index in [2.05, 4.69) is 20.6 Å². The van der Waals surface area contributed by atoms with Gasteiger partial charge in [-0.2, -0.15) is 0 Å². The van der Waals surface area contributed by atoms with Gasteiger partial charge in [0, 0.05) is 42.5 Å². The first kappa shape index (κ1) is 15.7. The molecule has 0 aliphatic rings. The highest BCUT2D eigenvalue weighted by atomic mass is 16.2. The predicted molar refractivity (Wildman–Crippen MR) is 94.2 cm³/mol. The molecule has 0 aliphatic heterocycles. The van der Waals surface area contributed by atoms with E-state index in [9.17, 15) is 9.59 Å². The summed E-state index contributed by atoms with van der Waals surface area (Å²) in [4.78, 5) is 30.8. The number of H-pyrrole nitrogens is 1. The summed E-state index contributed by atoms with van der Waals surface area (Å²) in [5, 5.41) is 6.82. The maximum absolute atomic E-state index is 12.3. The Bertz CT molecular complexity index is 890. The number of nitrogens with one attached hydrogen (secondary N) is 3. The van der Waals surface area contributed by atoms with Crippen molar-refractivity contribution >= 4 is 22.5 Å². The molecule has 0 unspecified atom stereocenters. The maximum atomic E-state index is 12.3. The highest BCUT2D eigenvalue weighted by molar-refractivity contribution is 6.05. The lowest BCUT2D eigenvalue weighted by Crippen LogP contribution is -2.27. The summed E-state index contributed by atoms with van der Waals surface area (Å²) in [6, 6.07) is 12.4. The Hall–Kier alpha value is -3.15. The van der Waals surface area contributed by atoms with Gasteiger partial charge in [0.1, 0.15) is 0 Å². The quantitative estimate of drug-likeness (QED) is 0.607. The van der Waals surface area contributed by atoms with Gasteiger partial charge in [0.15, 0.2) is 0 Å². The first-order valence-electron chi connectivity index (χ1n) is 7.78. The number of aromatic amines is 1. The number of carbonyl (C=O) groups excluding carboxylic acids is 1. The average molecular weight is 322 g/mol. The lowest BCUT2D eigenvalue weighted by Gasteiger charge is -2.09. The number of aromatic nitrogens is 2. The molecule has 3 aromatic rings. The third-order valence-electron chi connectivity index (χ3n) is 3.62. The van der Waals surface area contributed by atoms with Crippen molar-refractivity contribution in [1.29, 1.82) is 0 Å². The Morgan fingerprint density at radius 2 is 2.00 bits per heavy atom. The molecule has 0 saturated carbocycles. The number of hydrogen-bond donors (Lipinski definition) is 3. The molecule has 6 heteroatoms. The second kappa shape index (κ2) is 7.41. The summed E-state index contributed by atoms with van der Waals surface area (Å²) in [7, 11) is 0. The Morgan fingerprint density at radius 1 is 1.12 bits per heavy atom. The molecule has 0 aliphatic carbocycles. The molecule has 24 heavy (non-hydrogen) atoms. The smallest absolute Gasteiger partial charge is 0.252 e. The molecule has 0 fully saturated rings. The van der Waals surface area contributed by atoms with Gasteiger partial charge in [0.05, 0.1) is 11.3 Å². The van der Waals surface area contributed by atoms with Gasteiger partial charge >= 0.3 is 0 Å². The molecule has 0 spiro atoms. The lowest BCUT2D eigenvalue weighted by molar-refractivity contribution is 0.0955. The molecular formula is C18H18N4O2. The van der Waals surface area contributed by atoms with E-state index >= 15 is 0 Å². The van der Waals surface area contributed by atoms with Crippen LogP contribution in [0.25, 0.3) is 10.9 Å². The molecule has 6 nitrogen and oxygen atoms in total. The van der Waals surface area contributed by atoms with Gasteiger partial charge in [-0.05, 0) is 24.6 Å². The van der Waals surface area contributed by atoms with Crippen LogP contribution in [0.3, 0.4) is 0 Å². The highest BCUT2D eigenvalue weighted by Gasteiger charge is 2.10. The summed E-state index contributed by atoms with van der Waals surface area (Å²) < 4.78 is 0. The number of benzene rings is 1. The van der Waals surface area contributed by atoms with E-state index in [1.165, 1.54) is 6.07 Å². The monoisotopic (exact) mass is 322 g/mol. The number of rotatable bonds is 6. The van der Waals surface area contributed by atoms with Gasteiger partial charge in [-0.1, -0.05) is 18.2 Å². The second-order valence-corrected chi connectivity index (χ2v) is 5.37. The zero-order valence-electron chi connectivity index (χ0n) is 13.1. The van der Waals surface area contributed by atoms with Crippen LogP contribution in [0.4, 0.5) is 5.69 Å². The number of hydrogen-bond acceptors (Lipinski definition) is 4. The van der Waals surface area contributed by atoms with Crippen LogP contribution < -0.4 is 16.2 Å². The molecular weight excluding hydrogens is 304 g/mol. The number of para-hydroxylation sites is 1. The van der Waals surface area contributed by atoms with E-state index < -0.39 is 0 Å². The van der Waals surface area contributed by atoms with Crippen molar-refractivity contribution in [2.75, 3.05) is 18.4 Å². The van der Waals surface area contributed by atoms with Crippen LogP contribution in [0.1, 0.15) is 16.8 Å². The van der Waals surface area contributed by atoms with Crippen molar-refractivity contribution in [2.45, 2.75) is 6.42 Å². The fraction of sp³-hybridized carbons (Fsp3) is 0.167. The molecule has 0 bridgehead atoms. The van der Waals surface area contributed by atoms with Crippen molar-refractivity contribution in [3.8, 4) is 0 Å². The molecule has 3 rings (SSSR count). The third kappa shape index (κ3) is 3.78. The fourth-order valence-electron chi connectivity index (χ4n) is 2.48. The predicted octanol–water partition coefficient (Wildman–Crippen LogP) is 2.16. The summed E-state index contributed by atoms with van der Waals surface area (Å²) >= 11 is 0. The fourth-order valence-corrected chi connectivity index (χ4v) is 2.48. The third-order valence-corrected chi connectivity index (χ3v) is 3.62. The second-order valence-electron chi connectivity index (χ2n) is 5.37. The minimum Gasteiger partial charge on any atom is -0.384 e. The number of amides is 1. The first-order valence-corrected chi connectivity index (χ1v) is 7.78. The molecule has 2 heterocycles. The molecule has 0 radical (unpaired) electrons. The minimum atomic E-state index is -0.280. The Kier molecular flexibility index (Phi) is 4.86. The first-order chi connectivity index (χ1) is 11.7. The number of fused-ring (bicyclic) bond motifs is 1. The topological polar surface area (TPSA) is 86.9 Å². The molecule has 122 valence electrons. The van der Waals surface area contributed by atoms with E-state index in [1.807, 2.05) is 30.3 Å². The average Bonchev–Trinajstić information content (AvgIpc) is 2.61. The minimum absolute atomic E-state index is 0.237. The molecule has 0 atom stereocenters. The Morgan fingerprint density at radius 3 is 2.83 bits per heavy atom. The van der Waals surface area contributed by atoms with Crippen molar-refractivity contribution < 1.29 is 4.79 Å². The number of pyridine rings is 2. The van der Waals surface area contributed by atoms with Gasteiger partial charge in [0.25, 0.3) is 5.91 Å². The molecule has 0 saturated heterocycles. The summed E-state index contributed by atoms with van der Waals surface area (Å²) in [5.41, 5.74) is 1.73. The van der Waals surface area contributed by atoms with Crippen molar-refractivity contribution in [1.82, 2.24) is 15.3 Å². The van der Waals surface area contributed by atoms with E-state index in [0.29, 0.717) is 17.6 Å². The lowest BCUT2D eigenvalue weighted by atomic mass is 10.1. The van der Waals surface area contributed by atoms with Crippen LogP contribution in [0.2, 0.25) is 0 Å². The van der Waals surface area contributed by atoms with Crippen molar-refractivity contribution in [2.24, 2.45) is 0 Å². The number of carbonyl (C=O) groups is 1. The van der Waals surface area contributed by atoms with Crippen molar-refractivity contribution in [3.63, 3.8) is 0 Å². The van der Waals surface area contributed by atoms with Crippen LogP contribution in [-0.4, -0.2) is 29.0 Å². The standard InChI is InChI=1S/C18H18N4O2/c23-17-11-15(14-6-1-2-7-16(14)22-17)18(24)21-10-4-9-20-13-5-3-8-19-12-13/h1-3,5-8,11-12,20H,4,9-10H2,(H,21,24)(H,22,23). The van der Waals surface area contributed by atoms with Gasteiger partial charge in [0.2, 0.25) is 5.56 Å². The zero-order chi connectivity index (χ0) is 16.8. The van der Waals surface area contributed by atoms with Gasteiger partial charge < -0.3 is 15.6 Å². The Labute approximate surface area is 138 Å². The summed E-state index contributed by atoms with van der Waals surface area (Å²) in [5.74, 6) is -0.237. The SMILES string of the molecule is O=C(NCCCNc1cccnc1)c1cc(=O)[nH]c2ccccc12. The van der Waals surface area contributed by atoms with Crippen LogP contribution in [-0.2, 0) is 0 Å². The molecule has 2 aromatic heterocycles. The largest absolute Gasteiger partial charge is 0.384 e. The van der Waals surface area contributed by atoms with E-state index in [4.69, 9.17) is 0 Å². The van der Waals surface area contributed by atoms with E-state index in [-0.39, 0.29) is 11.5 Å². The maximum Gasteiger partial charge on any atom is 0.252 e. The van der Waals surface area contributed by atoms with Crippen LogP contribution >= 0.6 is 0 Å². The number of anilines is 1. The van der Waals surface area contributed by atoms with Crippen LogP contribution in [0, 0.1) is 0 Å². The summed E-state index contributed by atoms with van der Waals surface area (Å²) in [6.07, 6.45) is 4.24. The van der Waals surface area contributed by atoms with Crippen LogP contribution in [0.15, 0.2) is 59.7 Å². The molecule has 3 N–H and O–H groups in total. The van der Waals surface area contributed by atoms with Crippen molar-refractivity contribution in [3.05, 3.63) is 70.8 Å². The van der Waals surface area contributed by atoms with Gasteiger partial charge in [-0.25, -0.2) is 0 Å². The zero-order valence-corrected chi connectivity index (χ0v) is 13.1. The normalized spacial score (nSPS) is 10.5. The van der Waals surface area contributed by atoms with Gasteiger partial charge in [-0.15, -0.1) is 0 Å². The van der Waals surface area contributed by atoms with Gasteiger partial charge in [-0.3, -0.25) is 14.6 Å².